The topological polar surface area (TPSA) is 65.0 Å². The van der Waals surface area contributed by atoms with E-state index in [1.807, 2.05) is 13.8 Å². The van der Waals surface area contributed by atoms with Crippen molar-refractivity contribution in [1.82, 2.24) is 0 Å². The van der Waals surface area contributed by atoms with Gasteiger partial charge in [0, 0.05) is 12.1 Å². The monoisotopic (exact) mass is 506 g/mol. The first-order valence-corrected chi connectivity index (χ1v) is 10.7. The van der Waals surface area contributed by atoms with Crippen LogP contribution < -0.4 is 9.47 Å². The molecule has 0 aliphatic heterocycles. The van der Waals surface area contributed by atoms with Crippen molar-refractivity contribution in [3.8, 4) is 17.2 Å². The van der Waals surface area contributed by atoms with E-state index in [0.717, 1.165) is 18.2 Å². The van der Waals surface area contributed by atoms with E-state index in [1.54, 1.807) is 6.92 Å². The lowest BCUT2D eigenvalue weighted by Crippen LogP contribution is -2.22. The molecule has 180 valence electrons. The fraction of sp³-hybridized carbons (Fsp3) is 0.348. The first-order valence-electron chi connectivity index (χ1n) is 9.91. The first kappa shape index (κ1) is 26.8. The average molecular weight is 507 g/mol. The summed E-state index contributed by atoms with van der Waals surface area (Å²) in [7, 11) is 0. The molecule has 0 radical (unpaired) electrons. The van der Waals surface area contributed by atoms with Gasteiger partial charge in [0.25, 0.3) is 0 Å². The van der Waals surface area contributed by atoms with Crippen molar-refractivity contribution < 1.29 is 37.3 Å². The van der Waals surface area contributed by atoms with Crippen LogP contribution in [0.3, 0.4) is 0 Å². The third-order valence-electron chi connectivity index (χ3n) is 4.31. The zero-order valence-electron chi connectivity index (χ0n) is 18.0. The summed E-state index contributed by atoms with van der Waals surface area (Å²) in [6, 6.07) is 7.25. The van der Waals surface area contributed by atoms with Gasteiger partial charge in [-0.05, 0) is 49.2 Å². The molecule has 2 unspecified atom stereocenters. The number of aliphatic hydroxyl groups excluding tert-OH is 1. The fourth-order valence-corrected chi connectivity index (χ4v) is 2.90. The van der Waals surface area contributed by atoms with Gasteiger partial charge >= 0.3 is 12.1 Å². The van der Waals surface area contributed by atoms with Crippen LogP contribution in [0.15, 0.2) is 48.6 Å². The van der Waals surface area contributed by atoms with Gasteiger partial charge in [0.15, 0.2) is 0 Å². The lowest BCUT2D eigenvalue weighted by Gasteiger charge is -2.21. The highest BCUT2D eigenvalue weighted by atomic mass is 35.5. The van der Waals surface area contributed by atoms with E-state index in [-0.39, 0.29) is 39.8 Å². The smallest absolute Gasteiger partial charge is 0.416 e. The second-order valence-corrected chi connectivity index (χ2v) is 8.27. The fourth-order valence-electron chi connectivity index (χ4n) is 2.52. The second kappa shape index (κ2) is 11.6. The van der Waals surface area contributed by atoms with Gasteiger partial charge < -0.3 is 19.3 Å². The molecular formula is C23H23Cl2F3O5. The van der Waals surface area contributed by atoms with Gasteiger partial charge in [-0.1, -0.05) is 37.0 Å². The molecule has 2 aromatic rings. The van der Waals surface area contributed by atoms with E-state index in [1.165, 1.54) is 30.4 Å². The van der Waals surface area contributed by atoms with Crippen LogP contribution >= 0.6 is 23.2 Å². The maximum atomic E-state index is 12.8. The molecule has 10 heteroatoms. The highest BCUT2D eigenvalue weighted by molar-refractivity contribution is 6.32. The Kier molecular flexibility index (Phi) is 9.46. The van der Waals surface area contributed by atoms with E-state index < -0.39 is 29.9 Å². The lowest BCUT2D eigenvalue weighted by atomic mass is 10.1. The van der Waals surface area contributed by atoms with Crippen LogP contribution in [0, 0.1) is 5.92 Å². The molecule has 0 saturated carbocycles. The number of benzene rings is 2. The van der Waals surface area contributed by atoms with Crippen molar-refractivity contribution in [2.24, 2.45) is 5.92 Å². The Hall–Kier alpha value is -2.42. The normalized spacial score (nSPS) is 13.8. The summed E-state index contributed by atoms with van der Waals surface area (Å²) in [5.41, 5.74) is -0.890. The molecule has 2 atom stereocenters. The van der Waals surface area contributed by atoms with E-state index in [0.29, 0.717) is 0 Å². The predicted molar refractivity (Wildman–Crippen MR) is 119 cm³/mol. The minimum atomic E-state index is -4.52. The lowest BCUT2D eigenvalue weighted by molar-refractivity contribution is -0.144. The molecule has 0 spiro atoms. The number of carbonyl (C=O) groups is 1. The summed E-state index contributed by atoms with van der Waals surface area (Å²) in [5.74, 6) is -0.199. The van der Waals surface area contributed by atoms with Crippen LogP contribution in [0.1, 0.15) is 26.3 Å². The van der Waals surface area contributed by atoms with Crippen LogP contribution in [0.4, 0.5) is 13.2 Å². The number of ether oxygens (including phenoxy) is 3. The Bertz CT molecular complexity index is 993. The van der Waals surface area contributed by atoms with Gasteiger partial charge in [0.05, 0.1) is 22.2 Å². The third-order valence-corrected chi connectivity index (χ3v) is 4.91. The van der Waals surface area contributed by atoms with Gasteiger partial charge in [-0.2, -0.15) is 13.2 Å². The molecule has 0 fully saturated rings. The molecule has 5 nitrogen and oxygen atoms in total. The molecule has 33 heavy (non-hydrogen) atoms. The molecule has 0 heterocycles. The standard InChI is InChI=1S/C23H23Cl2F3O5/c1-13(2)19(8-9-22(30)31-14(3)12-29)33-21-11-16(5-6-17(21)24)32-20-7-4-15(10-18(20)25)23(26,27)28/h4-11,13-14,19,29H,12H2,1-3H3. The highest BCUT2D eigenvalue weighted by Crippen LogP contribution is 2.38. The number of hydrogen-bond donors (Lipinski definition) is 1. The molecule has 0 amide bonds. The second-order valence-electron chi connectivity index (χ2n) is 7.45. The number of esters is 1. The Balaban J connectivity index is 2.19. The van der Waals surface area contributed by atoms with Gasteiger partial charge in [0.1, 0.15) is 29.5 Å². The number of aliphatic hydroxyl groups is 1. The number of rotatable bonds is 9. The number of carbonyl (C=O) groups excluding carboxylic acids is 1. The summed E-state index contributed by atoms with van der Waals surface area (Å²) >= 11 is 12.2. The highest BCUT2D eigenvalue weighted by Gasteiger charge is 2.31. The zero-order chi connectivity index (χ0) is 24.8. The zero-order valence-corrected chi connectivity index (χ0v) is 19.5. The van der Waals surface area contributed by atoms with Crippen LogP contribution in [0.2, 0.25) is 10.0 Å². The third kappa shape index (κ3) is 8.14. The van der Waals surface area contributed by atoms with E-state index in [9.17, 15) is 18.0 Å². The van der Waals surface area contributed by atoms with E-state index >= 15 is 0 Å². The van der Waals surface area contributed by atoms with Crippen molar-refractivity contribution in [3.05, 3.63) is 64.2 Å². The maximum absolute atomic E-state index is 12.8. The molecule has 2 rings (SSSR count). The quantitative estimate of drug-likeness (QED) is 0.303. The molecule has 0 saturated heterocycles. The number of alkyl halides is 3. The Morgan fingerprint density at radius 3 is 2.33 bits per heavy atom. The minimum absolute atomic E-state index is 0.0268. The minimum Gasteiger partial charge on any atom is -0.484 e. The van der Waals surface area contributed by atoms with Crippen LogP contribution in [0.25, 0.3) is 0 Å². The van der Waals surface area contributed by atoms with Crippen molar-refractivity contribution in [2.75, 3.05) is 6.61 Å². The van der Waals surface area contributed by atoms with Crippen LogP contribution in [-0.2, 0) is 15.7 Å². The molecule has 0 bridgehead atoms. The van der Waals surface area contributed by atoms with Gasteiger partial charge in [-0.15, -0.1) is 0 Å². The van der Waals surface area contributed by atoms with Gasteiger partial charge in [0.2, 0.25) is 0 Å². The predicted octanol–water partition coefficient (Wildman–Crippen LogP) is 6.69. The van der Waals surface area contributed by atoms with Crippen LogP contribution in [0.5, 0.6) is 17.2 Å². The van der Waals surface area contributed by atoms with Crippen molar-refractivity contribution in [2.45, 2.75) is 39.2 Å². The summed E-state index contributed by atoms with van der Waals surface area (Å²) in [6.07, 6.45) is -3.02. The largest absolute Gasteiger partial charge is 0.484 e. The summed E-state index contributed by atoms with van der Waals surface area (Å²) in [6.45, 7) is 4.99. The Labute approximate surface area is 199 Å². The number of halogens is 5. The first-order chi connectivity index (χ1) is 15.4. The SMILES string of the molecule is CC(CO)OC(=O)C=CC(Oc1cc(Oc2ccc(C(F)(F)F)cc2Cl)ccc1Cl)C(C)C. The number of hydrogen-bond acceptors (Lipinski definition) is 5. The van der Waals surface area contributed by atoms with Crippen LogP contribution in [-0.4, -0.2) is 29.9 Å². The molecule has 1 N–H and O–H groups in total. The summed E-state index contributed by atoms with van der Waals surface area (Å²) < 4.78 is 55.0. The van der Waals surface area contributed by atoms with Gasteiger partial charge in [-0.3, -0.25) is 0 Å². The summed E-state index contributed by atoms with van der Waals surface area (Å²) in [5, 5.41) is 9.01. The van der Waals surface area contributed by atoms with Crippen molar-refractivity contribution in [3.63, 3.8) is 0 Å². The average Bonchev–Trinajstić information content (AvgIpc) is 2.73. The molecule has 0 aromatic heterocycles. The molecular weight excluding hydrogens is 484 g/mol. The molecule has 0 aliphatic rings. The Morgan fingerprint density at radius 1 is 1.06 bits per heavy atom. The molecule has 2 aromatic carbocycles. The van der Waals surface area contributed by atoms with E-state index in [4.69, 9.17) is 42.5 Å². The molecule has 0 aliphatic carbocycles. The van der Waals surface area contributed by atoms with E-state index in [2.05, 4.69) is 0 Å². The Morgan fingerprint density at radius 2 is 1.76 bits per heavy atom. The summed E-state index contributed by atoms with van der Waals surface area (Å²) in [4.78, 5) is 11.8. The maximum Gasteiger partial charge on any atom is 0.416 e. The van der Waals surface area contributed by atoms with Gasteiger partial charge in [-0.25, -0.2) is 4.79 Å². The van der Waals surface area contributed by atoms with Crippen molar-refractivity contribution >= 4 is 29.2 Å². The van der Waals surface area contributed by atoms with Crippen molar-refractivity contribution in [1.29, 1.82) is 0 Å².